The Morgan fingerprint density at radius 3 is 2.48 bits per heavy atom. The highest BCUT2D eigenvalue weighted by atomic mass is 35.5. The van der Waals surface area contributed by atoms with E-state index in [4.69, 9.17) is 11.6 Å². The van der Waals surface area contributed by atoms with Gasteiger partial charge >= 0.3 is 0 Å². The molecule has 3 rings (SSSR count). The molecule has 0 bridgehead atoms. The molecule has 0 amide bonds. The summed E-state index contributed by atoms with van der Waals surface area (Å²) in [5.41, 5.74) is 1.23. The van der Waals surface area contributed by atoms with Crippen LogP contribution in [0, 0.1) is 5.92 Å². The molecule has 3 nitrogen and oxygen atoms in total. The minimum atomic E-state index is 0. The van der Waals surface area contributed by atoms with Crippen LogP contribution in [0.4, 0.5) is 0 Å². The molecule has 1 N–H and O–H groups in total. The Morgan fingerprint density at radius 2 is 1.86 bits per heavy atom. The third kappa shape index (κ3) is 4.46. The summed E-state index contributed by atoms with van der Waals surface area (Å²) >= 11 is 6.36. The molecule has 1 aromatic heterocycles. The lowest BCUT2D eigenvalue weighted by Crippen LogP contribution is -2.46. The number of halogens is 3. The van der Waals surface area contributed by atoms with Gasteiger partial charge in [0, 0.05) is 44.0 Å². The number of nitrogens with zero attached hydrogens (tertiary/aromatic N) is 2. The molecule has 2 heterocycles. The van der Waals surface area contributed by atoms with Crippen LogP contribution in [0.15, 0.2) is 18.3 Å². The summed E-state index contributed by atoms with van der Waals surface area (Å²) in [6.07, 6.45) is 7.19. The van der Waals surface area contributed by atoms with Gasteiger partial charge in [-0.25, -0.2) is 4.98 Å². The maximum atomic E-state index is 6.36. The predicted molar refractivity (Wildman–Crippen MR) is 92.9 cm³/mol. The van der Waals surface area contributed by atoms with Crippen LogP contribution in [0.3, 0.4) is 0 Å². The fourth-order valence-electron chi connectivity index (χ4n) is 3.60. The van der Waals surface area contributed by atoms with Crippen molar-refractivity contribution in [2.24, 2.45) is 5.92 Å². The van der Waals surface area contributed by atoms with Crippen molar-refractivity contribution in [3.05, 3.63) is 29.0 Å². The van der Waals surface area contributed by atoms with Crippen molar-refractivity contribution in [3.8, 4) is 0 Å². The number of aromatic nitrogens is 1. The standard InChI is InChI=1S/C15H22ClN3.2ClH/c16-15-13(6-3-7-18-15)14(12-4-1-2-5-12)19-10-8-17-9-11-19;;/h3,6-7,12,14,17H,1-2,4-5,8-11H2;2*1H/t14-;;/m1../s1. The van der Waals surface area contributed by atoms with Crippen molar-refractivity contribution >= 4 is 36.4 Å². The van der Waals surface area contributed by atoms with Gasteiger partial charge in [0.05, 0.1) is 0 Å². The smallest absolute Gasteiger partial charge is 0.133 e. The van der Waals surface area contributed by atoms with E-state index in [-0.39, 0.29) is 24.8 Å². The molecule has 21 heavy (non-hydrogen) atoms. The van der Waals surface area contributed by atoms with Crippen LogP contribution < -0.4 is 5.32 Å². The van der Waals surface area contributed by atoms with Crippen LogP contribution in [0.5, 0.6) is 0 Å². The summed E-state index contributed by atoms with van der Waals surface area (Å²) in [4.78, 5) is 6.90. The molecule has 0 unspecified atom stereocenters. The number of rotatable bonds is 3. The Hall–Kier alpha value is -0.0600. The van der Waals surface area contributed by atoms with Gasteiger partial charge in [-0.2, -0.15) is 0 Å². The van der Waals surface area contributed by atoms with Gasteiger partial charge in [0.1, 0.15) is 5.15 Å². The number of nitrogens with one attached hydrogen (secondary N) is 1. The second-order valence-corrected chi connectivity index (χ2v) is 6.02. The van der Waals surface area contributed by atoms with Gasteiger partial charge in [0.15, 0.2) is 0 Å². The zero-order valence-electron chi connectivity index (χ0n) is 12.1. The van der Waals surface area contributed by atoms with Gasteiger partial charge in [-0.3, -0.25) is 4.90 Å². The normalized spacial score (nSPS) is 21.4. The fourth-order valence-corrected chi connectivity index (χ4v) is 3.83. The Kier molecular flexibility index (Phi) is 8.28. The lowest BCUT2D eigenvalue weighted by Gasteiger charge is -2.38. The molecule has 2 aliphatic rings. The van der Waals surface area contributed by atoms with E-state index in [1.165, 1.54) is 31.2 Å². The first-order chi connectivity index (χ1) is 9.36. The Labute approximate surface area is 144 Å². The highest BCUT2D eigenvalue weighted by Crippen LogP contribution is 2.41. The fraction of sp³-hybridized carbons (Fsp3) is 0.667. The molecular weight excluding hydrogens is 329 g/mol. The van der Waals surface area contributed by atoms with Gasteiger partial charge < -0.3 is 5.32 Å². The van der Waals surface area contributed by atoms with E-state index in [0.29, 0.717) is 11.2 Å². The summed E-state index contributed by atoms with van der Waals surface area (Å²) in [6, 6.07) is 4.65. The second-order valence-electron chi connectivity index (χ2n) is 5.66. The van der Waals surface area contributed by atoms with Crippen molar-refractivity contribution < 1.29 is 0 Å². The molecule has 0 aromatic carbocycles. The summed E-state index contributed by atoms with van der Waals surface area (Å²) in [7, 11) is 0. The van der Waals surface area contributed by atoms with Crippen molar-refractivity contribution in [1.82, 2.24) is 15.2 Å². The number of hydrogen-bond acceptors (Lipinski definition) is 3. The lowest BCUT2D eigenvalue weighted by molar-refractivity contribution is 0.125. The van der Waals surface area contributed by atoms with E-state index in [9.17, 15) is 0 Å². The second kappa shape index (κ2) is 9.16. The Morgan fingerprint density at radius 1 is 1.19 bits per heavy atom. The van der Waals surface area contributed by atoms with Gasteiger partial charge in [0.25, 0.3) is 0 Å². The molecule has 0 spiro atoms. The summed E-state index contributed by atoms with van der Waals surface area (Å²) in [5, 5.41) is 4.13. The molecule has 1 saturated carbocycles. The third-order valence-corrected chi connectivity index (χ3v) is 4.81. The van der Waals surface area contributed by atoms with E-state index >= 15 is 0 Å². The van der Waals surface area contributed by atoms with E-state index in [2.05, 4.69) is 21.3 Å². The average Bonchev–Trinajstić information content (AvgIpc) is 2.96. The van der Waals surface area contributed by atoms with Gasteiger partial charge in [0.2, 0.25) is 0 Å². The highest BCUT2D eigenvalue weighted by molar-refractivity contribution is 6.30. The molecule has 1 aliphatic heterocycles. The lowest BCUT2D eigenvalue weighted by atomic mass is 9.90. The first-order valence-electron chi connectivity index (χ1n) is 7.41. The van der Waals surface area contributed by atoms with Crippen LogP contribution in [0.25, 0.3) is 0 Å². The number of pyridine rings is 1. The molecular formula is C15H24Cl3N3. The van der Waals surface area contributed by atoms with Gasteiger partial charge in [-0.1, -0.05) is 30.5 Å². The van der Waals surface area contributed by atoms with Crippen molar-refractivity contribution in [2.75, 3.05) is 26.2 Å². The summed E-state index contributed by atoms with van der Waals surface area (Å²) in [5.74, 6) is 0.750. The maximum absolute atomic E-state index is 6.36. The summed E-state index contributed by atoms with van der Waals surface area (Å²) < 4.78 is 0. The molecule has 1 aromatic rings. The number of piperazine rings is 1. The van der Waals surface area contributed by atoms with Crippen LogP contribution in [0.2, 0.25) is 5.15 Å². The first-order valence-corrected chi connectivity index (χ1v) is 7.79. The predicted octanol–water partition coefficient (Wildman–Crippen LogP) is 3.72. The molecule has 120 valence electrons. The van der Waals surface area contributed by atoms with Crippen LogP contribution in [-0.4, -0.2) is 36.1 Å². The summed E-state index contributed by atoms with van der Waals surface area (Å²) in [6.45, 7) is 4.40. The highest BCUT2D eigenvalue weighted by Gasteiger charge is 2.33. The molecule has 6 heteroatoms. The quantitative estimate of drug-likeness (QED) is 0.840. The topological polar surface area (TPSA) is 28.2 Å². The SMILES string of the molecule is Cl.Cl.Clc1ncccc1[C@@H](C1CCCC1)N1CCNCC1. The third-order valence-electron chi connectivity index (χ3n) is 4.50. The van der Waals surface area contributed by atoms with Crippen LogP contribution in [-0.2, 0) is 0 Å². The zero-order chi connectivity index (χ0) is 13.1. The van der Waals surface area contributed by atoms with E-state index in [0.717, 1.165) is 32.1 Å². The molecule has 1 atom stereocenters. The maximum Gasteiger partial charge on any atom is 0.133 e. The average molecular weight is 353 g/mol. The van der Waals surface area contributed by atoms with Crippen molar-refractivity contribution in [1.29, 1.82) is 0 Å². The Balaban J connectivity index is 0.00000110. The Bertz CT molecular complexity index is 418. The van der Waals surface area contributed by atoms with Crippen molar-refractivity contribution in [2.45, 2.75) is 31.7 Å². The molecule has 1 saturated heterocycles. The zero-order valence-corrected chi connectivity index (χ0v) is 14.5. The van der Waals surface area contributed by atoms with E-state index < -0.39 is 0 Å². The number of hydrogen-bond donors (Lipinski definition) is 1. The van der Waals surface area contributed by atoms with Crippen LogP contribution in [0.1, 0.15) is 37.3 Å². The van der Waals surface area contributed by atoms with Crippen molar-refractivity contribution in [3.63, 3.8) is 0 Å². The van der Waals surface area contributed by atoms with E-state index in [1.807, 2.05) is 6.07 Å². The van der Waals surface area contributed by atoms with Gasteiger partial charge in [-0.15, -0.1) is 24.8 Å². The monoisotopic (exact) mass is 351 g/mol. The molecule has 2 fully saturated rings. The molecule has 1 aliphatic carbocycles. The first kappa shape index (κ1) is 19.0. The van der Waals surface area contributed by atoms with Gasteiger partial charge in [-0.05, 0) is 24.8 Å². The minimum absolute atomic E-state index is 0. The van der Waals surface area contributed by atoms with E-state index in [1.54, 1.807) is 6.20 Å². The molecule has 0 radical (unpaired) electrons. The minimum Gasteiger partial charge on any atom is -0.314 e. The van der Waals surface area contributed by atoms with Crippen LogP contribution >= 0.6 is 36.4 Å². The largest absolute Gasteiger partial charge is 0.314 e.